The van der Waals surface area contributed by atoms with Crippen LogP contribution in [0.2, 0.25) is 0 Å². The van der Waals surface area contributed by atoms with Gasteiger partial charge in [-0.3, -0.25) is 4.79 Å². The molecule has 0 radical (unpaired) electrons. The fourth-order valence-electron chi connectivity index (χ4n) is 1.64. The standard InChI is InChI=1S/C14H13FN2O2/c1-10(17-8-2-3-13(18)9-17)14(19)16-12-6-4-11(15)5-7-12/h2-10H,1H3,(H-,16,18,19)/p+1/t10-/m0/s1. The van der Waals surface area contributed by atoms with E-state index in [9.17, 15) is 14.3 Å². The van der Waals surface area contributed by atoms with Crippen LogP contribution in [0.15, 0.2) is 48.8 Å². The minimum Gasteiger partial charge on any atom is -0.503 e. The van der Waals surface area contributed by atoms with Gasteiger partial charge in [-0.05, 0) is 30.3 Å². The molecule has 98 valence electrons. The fraction of sp³-hybridized carbons (Fsp3) is 0.143. The lowest BCUT2D eigenvalue weighted by molar-refractivity contribution is -0.705. The van der Waals surface area contributed by atoms with Crippen molar-refractivity contribution < 1.29 is 18.9 Å². The van der Waals surface area contributed by atoms with E-state index in [1.807, 2.05) is 0 Å². The summed E-state index contributed by atoms with van der Waals surface area (Å²) < 4.78 is 14.3. The molecule has 1 heterocycles. The van der Waals surface area contributed by atoms with Gasteiger partial charge in [-0.2, -0.15) is 4.57 Å². The monoisotopic (exact) mass is 261 g/mol. The second-order valence-electron chi connectivity index (χ2n) is 4.18. The summed E-state index contributed by atoms with van der Waals surface area (Å²) in [5.74, 6) is -0.514. The number of hydrogen-bond donors (Lipinski definition) is 2. The highest BCUT2D eigenvalue weighted by Crippen LogP contribution is 2.10. The van der Waals surface area contributed by atoms with E-state index in [-0.39, 0.29) is 17.5 Å². The minimum absolute atomic E-state index is 0.0870. The van der Waals surface area contributed by atoms with E-state index >= 15 is 0 Å². The van der Waals surface area contributed by atoms with Crippen LogP contribution in [0.1, 0.15) is 13.0 Å². The number of nitrogens with one attached hydrogen (secondary N) is 1. The van der Waals surface area contributed by atoms with Crippen LogP contribution in [-0.2, 0) is 4.79 Å². The van der Waals surface area contributed by atoms with Crippen molar-refractivity contribution in [3.63, 3.8) is 0 Å². The van der Waals surface area contributed by atoms with Gasteiger partial charge >= 0.3 is 0 Å². The second kappa shape index (κ2) is 5.48. The van der Waals surface area contributed by atoms with E-state index in [1.165, 1.54) is 36.5 Å². The molecule has 2 N–H and O–H groups in total. The second-order valence-corrected chi connectivity index (χ2v) is 4.18. The van der Waals surface area contributed by atoms with E-state index in [2.05, 4.69) is 5.32 Å². The first-order chi connectivity index (χ1) is 9.06. The Labute approximate surface area is 110 Å². The summed E-state index contributed by atoms with van der Waals surface area (Å²) in [4.78, 5) is 12.0. The molecule has 1 atom stereocenters. The van der Waals surface area contributed by atoms with E-state index in [1.54, 1.807) is 23.8 Å². The van der Waals surface area contributed by atoms with Crippen molar-refractivity contribution in [2.75, 3.05) is 5.32 Å². The van der Waals surface area contributed by atoms with Gasteiger partial charge in [-0.15, -0.1) is 0 Å². The highest BCUT2D eigenvalue weighted by Gasteiger charge is 2.22. The summed E-state index contributed by atoms with van der Waals surface area (Å²) in [6.45, 7) is 1.71. The summed E-state index contributed by atoms with van der Waals surface area (Å²) in [6.07, 6.45) is 3.16. The lowest BCUT2D eigenvalue weighted by Gasteiger charge is -2.08. The third kappa shape index (κ3) is 3.28. The minimum atomic E-state index is -0.489. The SMILES string of the molecule is C[C@@H](C(=O)Nc1ccc(F)cc1)[n+]1cccc(O)c1. The summed E-state index contributed by atoms with van der Waals surface area (Å²) in [6, 6.07) is 8.24. The molecule has 19 heavy (non-hydrogen) atoms. The van der Waals surface area contributed by atoms with E-state index in [0.717, 1.165) is 0 Å². The molecular formula is C14H14FN2O2+. The molecule has 0 aliphatic rings. The number of halogens is 1. The van der Waals surface area contributed by atoms with Crippen LogP contribution in [0.5, 0.6) is 5.75 Å². The highest BCUT2D eigenvalue weighted by molar-refractivity contribution is 5.92. The largest absolute Gasteiger partial charge is 0.503 e. The van der Waals surface area contributed by atoms with Crippen molar-refractivity contribution in [1.29, 1.82) is 0 Å². The van der Waals surface area contributed by atoms with Gasteiger partial charge in [0.1, 0.15) is 5.82 Å². The van der Waals surface area contributed by atoms with Gasteiger partial charge in [0.2, 0.25) is 12.2 Å². The smallest absolute Gasteiger partial charge is 0.293 e. The molecule has 1 aromatic heterocycles. The molecule has 0 saturated carbocycles. The number of hydrogen-bond acceptors (Lipinski definition) is 2. The summed E-state index contributed by atoms with van der Waals surface area (Å²) in [5.41, 5.74) is 0.527. The first-order valence-electron chi connectivity index (χ1n) is 5.82. The Morgan fingerprint density at radius 1 is 1.32 bits per heavy atom. The zero-order valence-electron chi connectivity index (χ0n) is 10.4. The van der Waals surface area contributed by atoms with Crippen LogP contribution >= 0.6 is 0 Å². The van der Waals surface area contributed by atoms with Gasteiger partial charge < -0.3 is 10.4 Å². The number of pyridine rings is 1. The van der Waals surface area contributed by atoms with Crippen LogP contribution in [0.4, 0.5) is 10.1 Å². The van der Waals surface area contributed by atoms with Crippen LogP contribution in [0.3, 0.4) is 0 Å². The number of aromatic nitrogens is 1. The van der Waals surface area contributed by atoms with Crippen LogP contribution in [-0.4, -0.2) is 11.0 Å². The number of carbonyl (C=O) groups excluding carboxylic acids is 1. The number of aromatic hydroxyl groups is 1. The first kappa shape index (κ1) is 13.0. The molecule has 0 fully saturated rings. The zero-order valence-corrected chi connectivity index (χ0v) is 10.4. The average molecular weight is 261 g/mol. The summed E-state index contributed by atoms with van der Waals surface area (Å²) >= 11 is 0. The Hall–Kier alpha value is -2.43. The van der Waals surface area contributed by atoms with Gasteiger partial charge in [-0.25, -0.2) is 4.39 Å². The van der Waals surface area contributed by atoms with Gasteiger partial charge in [0.25, 0.3) is 5.91 Å². The number of nitrogens with zero attached hydrogens (tertiary/aromatic N) is 1. The maximum absolute atomic E-state index is 12.7. The van der Waals surface area contributed by atoms with Crippen molar-refractivity contribution in [2.24, 2.45) is 0 Å². The molecular weight excluding hydrogens is 247 g/mol. The number of amides is 1. The Morgan fingerprint density at radius 3 is 2.63 bits per heavy atom. The van der Waals surface area contributed by atoms with E-state index in [4.69, 9.17) is 0 Å². The van der Waals surface area contributed by atoms with Crippen molar-refractivity contribution in [2.45, 2.75) is 13.0 Å². The predicted octanol–water partition coefficient (Wildman–Crippen LogP) is 2.02. The van der Waals surface area contributed by atoms with Crippen LogP contribution in [0, 0.1) is 5.82 Å². The molecule has 5 heteroatoms. The number of anilines is 1. The third-order valence-electron chi connectivity index (χ3n) is 2.74. The molecule has 0 aliphatic heterocycles. The fourth-order valence-corrected chi connectivity index (χ4v) is 1.64. The summed E-state index contributed by atoms with van der Waals surface area (Å²) in [5, 5.41) is 12.0. The molecule has 4 nitrogen and oxygen atoms in total. The van der Waals surface area contributed by atoms with Gasteiger partial charge in [0, 0.05) is 18.7 Å². The quantitative estimate of drug-likeness (QED) is 0.830. The number of rotatable bonds is 3. The molecule has 0 bridgehead atoms. The van der Waals surface area contributed by atoms with Crippen molar-refractivity contribution in [3.05, 3.63) is 54.6 Å². The molecule has 1 aromatic carbocycles. The zero-order chi connectivity index (χ0) is 13.8. The molecule has 0 saturated heterocycles. The topological polar surface area (TPSA) is 53.2 Å². The molecule has 0 aliphatic carbocycles. The maximum atomic E-state index is 12.7. The Balaban J connectivity index is 2.09. The number of benzene rings is 1. The Kier molecular flexibility index (Phi) is 3.75. The maximum Gasteiger partial charge on any atom is 0.293 e. The van der Waals surface area contributed by atoms with Crippen molar-refractivity contribution in [3.8, 4) is 5.75 Å². The third-order valence-corrected chi connectivity index (χ3v) is 2.74. The lowest BCUT2D eigenvalue weighted by Crippen LogP contribution is -2.43. The number of carbonyl (C=O) groups is 1. The van der Waals surface area contributed by atoms with Crippen LogP contribution in [0.25, 0.3) is 0 Å². The lowest BCUT2D eigenvalue weighted by atomic mass is 10.2. The molecule has 2 rings (SSSR count). The van der Waals surface area contributed by atoms with Gasteiger partial charge in [0.05, 0.1) is 0 Å². The Morgan fingerprint density at radius 2 is 2.00 bits per heavy atom. The molecule has 1 amide bonds. The van der Waals surface area contributed by atoms with Gasteiger partial charge in [-0.1, -0.05) is 0 Å². The molecule has 2 aromatic rings. The van der Waals surface area contributed by atoms with Gasteiger partial charge in [0.15, 0.2) is 11.9 Å². The predicted molar refractivity (Wildman–Crippen MR) is 68.0 cm³/mol. The first-order valence-corrected chi connectivity index (χ1v) is 5.82. The van der Waals surface area contributed by atoms with E-state index in [0.29, 0.717) is 5.69 Å². The van der Waals surface area contributed by atoms with Crippen molar-refractivity contribution in [1.82, 2.24) is 0 Å². The van der Waals surface area contributed by atoms with E-state index < -0.39 is 6.04 Å². The normalized spacial score (nSPS) is 11.9. The average Bonchev–Trinajstić information content (AvgIpc) is 2.40. The summed E-state index contributed by atoms with van der Waals surface area (Å²) in [7, 11) is 0. The Bertz CT molecular complexity index is 584. The highest BCUT2D eigenvalue weighted by atomic mass is 19.1. The van der Waals surface area contributed by atoms with Crippen molar-refractivity contribution >= 4 is 11.6 Å². The van der Waals surface area contributed by atoms with Crippen LogP contribution < -0.4 is 9.88 Å². The molecule has 0 unspecified atom stereocenters. The molecule has 0 spiro atoms.